The van der Waals surface area contributed by atoms with Gasteiger partial charge in [0, 0.05) is 17.7 Å². The number of aliphatic carboxylic acids is 1. The molecule has 0 spiro atoms. The van der Waals surface area contributed by atoms with E-state index in [0.717, 1.165) is 9.35 Å². The van der Waals surface area contributed by atoms with E-state index in [2.05, 4.69) is 31.5 Å². The zero-order valence-electron chi connectivity index (χ0n) is 11.0. The first-order valence-corrected chi connectivity index (χ1v) is 8.10. The van der Waals surface area contributed by atoms with Gasteiger partial charge in [0.1, 0.15) is 0 Å². The van der Waals surface area contributed by atoms with Crippen molar-refractivity contribution in [2.24, 2.45) is 5.41 Å². The highest BCUT2D eigenvalue weighted by molar-refractivity contribution is 9.10. The number of thiophene rings is 1. The molecule has 0 atom stereocenters. The van der Waals surface area contributed by atoms with Crippen molar-refractivity contribution < 1.29 is 14.6 Å². The summed E-state index contributed by atoms with van der Waals surface area (Å²) in [7, 11) is 0. The minimum Gasteiger partial charge on any atom is -0.481 e. The Labute approximate surface area is 133 Å². The van der Waals surface area contributed by atoms with E-state index < -0.39 is 11.4 Å². The number of nitrogens with zero attached hydrogens (tertiary/aromatic N) is 4. The molecule has 1 N–H and O–H groups in total. The number of carbonyl (C=O) groups is 1. The lowest BCUT2D eigenvalue weighted by atomic mass is 9.80. The van der Waals surface area contributed by atoms with Crippen LogP contribution in [0.5, 0.6) is 0 Å². The quantitative estimate of drug-likeness (QED) is 0.882. The fourth-order valence-electron chi connectivity index (χ4n) is 2.42. The summed E-state index contributed by atoms with van der Waals surface area (Å²) in [6, 6.07) is 1.92. The number of hydrogen-bond donors (Lipinski definition) is 1. The topological polar surface area (TPSA) is 90.1 Å². The molecular weight excluding hydrogens is 360 g/mol. The minimum atomic E-state index is -0.869. The van der Waals surface area contributed by atoms with Crippen LogP contribution in [0.4, 0.5) is 0 Å². The summed E-state index contributed by atoms with van der Waals surface area (Å²) < 4.78 is 7.77. The van der Waals surface area contributed by atoms with E-state index in [1.165, 1.54) is 11.3 Å². The van der Waals surface area contributed by atoms with Crippen LogP contribution >= 0.6 is 27.3 Å². The van der Waals surface area contributed by atoms with Crippen molar-refractivity contribution in [2.45, 2.75) is 19.4 Å². The van der Waals surface area contributed by atoms with Crippen LogP contribution in [0.2, 0.25) is 0 Å². The Hall–Kier alpha value is -1.32. The first-order valence-electron chi connectivity index (χ1n) is 6.43. The van der Waals surface area contributed by atoms with Gasteiger partial charge in [-0.05, 0) is 50.6 Å². The predicted octanol–water partition coefficient (Wildman–Crippen LogP) is 2.05. The summed E-state index contributed by atoms with van der Waals surface area (Å²) in [5.74, 6) is -0.235. The monoisotopic (exact) mass is 372 g/mol. The largest absolute Gasteiger partial charge is 0.481 e. The third-order valence-electron chi connectivity index (χ3n) is 3.71. The van der Waals surface area contributed by atoms with Gasteiger partial charge in [-0.1, -0.05) is 0 Å². The summed E-state index contributed by atoms with van der Waals surface area (Å²) in [4.78, 5) is 12.6. The van der Waals surface area contributed by atoms with Crippen molar-refractivity contribution in [3.05, 3.63) is 15.9 Å². The highest BCUT2D eigenvalue weighted by Crippen LogP contribution is 2.36. The Bertz CT molecular complexity index is 650. The second kappa shape index (κ2) is 5.82. The van der Waals surface area contributed by atoms with E-state index >= 15 is 0 Å². The summed E-state index contributed by atoms with van der Waals surface area (Å²) in [6.45, 7) is 1.15. The van der Waals surface area contributed by atoms with Gasteiger partial charge in [0.15, 0.2) is 5.82 Å². The summed E-state index contributed by atoms with van der Waals surface area (Å²) in [5.41, 5.74) is -0.869. The Kier molecular flexibility index (Phi) is 4.05. The number of carboxylic acid groups (broad SMARTS) is 1. The zero-order chi connectivity index (χ0) is 14.9. The molecule has 3 rings (SSSR count). The van der Waals surface area contributed by atoms with Crippen LogP contribution in [0.3, 0.4) is 0 Å². The summed E-state index contributed by atoms with van der Waals surface area (Å²) in [5, 5.41) is 23.3. The van der Waals surface area contributed by atoms with Crippen molar-refractivity contribution in [3.8, 4) is 10.7 Å². The van der Waals surface area contributed by atoms with Gasteiger partial charge in [0.05, 0.1) is 16.8 Å². The molecule has 1 saturated heterocycles. The van der Waals surface area contributed by atoms with E-state index in [4.69, 9.17) is 4.74 Å². The molecule has 0 aliphatic carbocycles. The molecule has 7 nitrogen and oxygen atoms in total. The Balaban J connectivity index is 1.93. The molecule has 0 bridgehead atoms. The Morgan fingerprint density at radius 2 is 2.29 bits per heavy atom. The van der Waals surface area contributed by atoms with Gasteiger partial charge in [0.2, 0.25) is 0 Å². The van der Waals surface area contributed by atoms with Crippen LogP contribution in [-0.2, 0) is 16.1 Å². The highest BCUT2D eigenvalue weighted by Gasteiger charge is 2.41. The first-order chi connectivity index (χ1) is 10.1. The molecule has 2 aromatic heterocycles. The minimum absolute atomic E-state index is 0.248. The number of ether oxygens (including phenoxy) is 1. The SMILES string of the molecule is O=C(O)C1(Cn2nnnc2-c2sccc2Br)CCOCC1. The molecule has 9 heteroatoms. The van der Waals surface area contributed by atoms with Crippen LogP contribution in [0, 0.1) is 5.41 Å². The molecule has 0 amide bonds. The van der Waals surface area contributed by atoms with Gasteiger partial charge in [-0.25, -0.2) is 4.68 Å². The normalized spacial score (nSPS) is 17.8. The Morgan fingerprint density at radius 3 is 2.90 bits per heavy atom. The van der Waals surface area contributed by atoms with Crippen LogP contribution in [0.15, 0.2) is 15.9 Å². The smallest absolute Gasteiger partial charge is 0.311 e. The van der Waals surface area contributed by atoms with Crippen molar-refractivity contribution in [3.63, 3.8) is 0 Å². The molecule has 21 heavy (non-hydrogen) atoms. The average molecular weight is 373 g/mol. The lowest BCUT2D eigenvalue weighted by Gasteiger charge is -2.32. The summed E-state index contributed by atoms with van der Waals surface area (Å²) >= 11 is 4.96. The maximum absolute atomic E-state index is 11.7. The number of rotatable bonds is 4. The molecule has 1 fully saturated rings. The fraction of sp³-hybridized carbons (Fsp3) is 0.500. The number of tetrazole rings is 1. The summed E-state index contributed by atoms with van der Waals surface area (Å²) in [6.07, 6.45) is 0.931. The van der Waals surface area contributed by atoms with Crippen LogP contribution in [-0.4, -0.2) is 44.5 Å². The lowest BCUT2D eigenvalue weighted by molar-refractivity contribution is -0.156. The van der Waals surface area contributed by atoms with Crippen LogP contribution in [0.25, 0.3) is 10.7 Å². The maximum atomic E-state index is 11.7. The highest BCUT2D eigenvalue weighted by atomic mass is 79.9. The van der Waals surface area contributed by atoms with E-state index in [1.54, 1.807) is 4.68 Å². The van der Waals surface area contributed by atoms with Crippen molar-refractivity contribution in [1.29, 1.82) is 0 Å². The molecule has 0 aromatic carbocycles. The van der Waals surface area contributed by atoms with Gasteiger partial charge >= 0.3 is 5.97 Å². The standard InChI is InChI=1S/C12H13BrN4O3S/c13-8-1-6-21-9(8)10-14-15-16-17(10)7-12(11(18)19)2-4-20-5-3-12/h1,6H,2-5,7H2,(H,18,19). The first kappa shape index (κ1) is 14.6. The van der Waals surface area contributed by atoms with E-state index in [0.29, 0.717) is 31.9 Å². The van der Waals surface area contributed by atoms with Gasteiger partial charge in [-0.3, -0.25) is 4.79 Å². The number of hydrogen-bond acceptors (Lipinski definition) is 6. The fourth-order valence-corrected chi connectivity index (χ4v) is 3.95. The molecule has 0 unspecified atom stereocenters. The predicted molar refractivity (Wildman–Crippen MR) is 79.0 cm³/mol. The van der Waals surface area contributed by atoms with Crippen LogP contribution in [0.1, 0.15) is 12.8 Å². The lowest BCUT2D eigenvalue weighted by Crippen LogP contribution is -2.41. The molecule has 1 aliphatic rings. The molecule has 112 valence electrons. The third kappa shape index (κ3) is 2.72. The van der Waals surface area contributed by atoms with E-state index in [-0.39, 0.29) is 6.54 Å². The number of halogens is 1. The van der Waals surface area contributed by atoms with Crippen LogP contribution < -0.4 is 0 Å². The average Bonchev–Trinajstić information content (AvgIpc) is 3.08. The van der Waals surface area contributed by atoms with E-state index in [9.17, 15) is 9.90 Å². The second-order valence-electron chi connectivity index (χ2n) is 4.96. The molecule has 0 radical (unpaired) electrons. The molecule has 2 aromatic rings. The third-order valence-corrected chi connectivity index (χ3v) is 5.54. The van der Waals surface area contributed by atoms with Gasteiger partial charge in [-0.2, -0.15) is 0 Å². The molecule has 1 aliphatic heterocycles. The molecule has 0 saturated carbocycles. The van der Waals surface area contributed by atoms with Crippen molar-refractivity contribution in [2.75, 3.05) is 13.2 Å². The Morgan fingerprint density at radius 1 is 1.52 bits per heavy atom. The van der Waals surface area contributed by atoms with Crippen molar-refractivity contribution >= 4 is 33.2 Å². The second-order valence-corrected chi connectivity index (χ2v) is 6.73. The molecular formula is C12H13BrN4O3S. The van der Waals surface area contributed by atoms with Gasteiger partial charge < -0.3 is 9.84 Å². The number of carboxylic acids is 1. The van der Waals surface area contributed by atoms with Gasteiger partial charge in [-0.15, -0.1) is 16.4 Å². The van der Waals surface area contributed by atoms with Gasteiger partial charge in [0.25, 0.3) is 0 Å². The van der Waals surface area contributed by atoms with E-state index in [1.807, 2.05) is 11.4 Å². The zero-order valence-corrected chi connectivity index (χ0v) is 13.4. The van der Waals surface area contributed by atoms with Crippen molar-refractivity contribution in [1.82, 2.24) is 20.2 Å². The molecule has 3 heterocycles. The number of aromatic nitrogens is 4. The maximum Gasteiger partial charge on any atom is 0.311 e.